The SMILES string of the molecule is COC(=O)CCOC12CCC(O)(CC1)C2. The Kier molecular flexibility index (Phi) is 2.73. The van der Waals surface area contributed by atoms with E-state index in [1.807, 2.05) is 0 Å². The Morgan fingerprint density at radius 1 is 1.33 bits per heavy atom. The molecule has 0 atom stereocenters. The summed E-state index contributed by atoms with van der Waals surface area (Å²) in [6, 6.07) is 0. The van der Waals surface area contributed by atoms with Gasteiger partial charge >= 0.3 is 5.97 Å². The minimum Gasteiger partial charge on any atom is -0.469 e. The molecule has 15 heavy (non-hydrogen) atoms. The molecule has 0 radical (unpaired) electrons. The van der Waals surface area contributed by atoms with Crippen LogP contribution in [0, 0.1) is 0 Å². The van der Waals surface area contributed by atoms with Gasteiger partial charge < -0.3 is 14.6 Å². The number of esters is 1. The molecule has 0 unspecified atom stereocenters. The number of ether oxygens (including phenoxy) is 2. The molecule has 2 rings (SSSR count). The molecule has 0 saturated heterocycles. The maximum absolute atomic E-state index is 10.9. The van der Waals surface area contributed by atoms with Crippen molar-refractivity contribution in [2.24, 2.45) is 0 Å². The normalized spacial score (nSPS) is 38.3. The zero-order valence-corrected chi connectivity index (χ0v) is 9.12. The van der Waals surface area contributed by atoms with Crippen LogP contribution in [0.5, 0.6) is 0 Å². The molecular weight excluding hydrogens is 196 g/mol. The third kappa shape index (κ3) is 2.16. The van der Waals surface area contributed by atoms with Gasteiger partial charge in [0.25, 0.3) is 0 Å². The summed E-state index contributed by atoms with van der Waals surface area (Å²) in [5.74, 6) is -0.238. The van der Waals surface area contributed by atoms with Crippen LogP contribution in [0.25, 0.3) is 0 Å². The van der Waals surface area contributed by atoms with E-state index in [0.717, 1.165) is 32.1 Å². The first kappa shape index (κ1) is 10.9. The summed E-state index contributed by atoms with van der Waals surface area (Å²) in [6.45, 7) is 0.406. The third-order valence-corrected chi connectivity index (χ3v) is 3.69. The largest absolute Gasteiger partial charge is 0.469 e. The van der Waals surface area contributed by atoms with Crippen LogP contribution in [0.15, 0.2) is 0 Å². The molecule has 2 saturated carbocycles. The highest BCUT2D eigenvalue weighted by Crippen LogP contribution is 2.52. The summed E-state index contributed by atoms with van der Waals surface area (Å²) >= 11 is 0. The molecule has 0 spiro atoms. The molecule has 2 aliphatic rings. The lowest BCUT2D eigenvalue weighted by molar-refractivity contribution is -0.143. The van der Waals surface area contributed by atoms with Gasteiger partial charge in [-0.3, -0.25) is 4.79 Å². The average molecular weight is 214 g/mol. The number of carbonyl (C=O) groups is 1. The van der Waals surface area contributed by atoms with Crippen LogP contribution in [0.3, 0.4) is 0 Å². The summed E-state index contributed by atoms with van der Waals surface area (Å²) in [5.41, 5.74) is -0.631. The highest BCUT2D eigenvalue weighted by molar-refractivity contribution is 5.69. The van der Waals surface area contributed by atoms with Gasteiger partial charge in [-0.2, -0.15) is 0 Å². The summed E-state index contributed by atoms with van der Waals surface area (Å²) in [4.78, 5) is 10.9. The van der Waals surface area contributed by atoms with Crippen LogP contribution in [0.2, 0.25) is 0 Å². The van der Waals surface area contributed by atoms with Gasteiger partial charge in [-0.05, 0) is 25.7 Å². The van der Waals surface area contributed by atoms with Crippen molar-refractivity contribution in [1.82, 2.24) is 0 Å². The number of hydrogen-bond donors (Lipinski definition) is 1. The average Bonchev–Trinajstić information content (AvgIpc) is 2.71. The van der Waals surface area contributed by atoms with Gasteiger partial charge in [-0.15, -0.1) is 0 Å². The van der Waals surface area contributed by atoms with Gasteiger partial charge in [0.15, 0.2) is 0 Å². The number of hydrogen-bond acceptors (Lipinski definition) is 4. The Labute approximate surface area is 89.6 Å². The Morgan fingerprint density at radius 3 is 2.47 bits per heavy atom. The fourth-order valence-electron chi connectivity index (χ4n) is 2.77. The maximum atomic E-state index is 10.9. The van der Waals surface area contributed by atoms with Crippen molar-refractivity contribution >= 4 is 5.97 Å². The number of rotatable bonds is 4. The number of methoxy groups -OCH3 is 1. The van der Waals surface area contributed by atoms with Crippen molar-refractivity contribution in [2.75, 3.05) is 13.7 Å². The third-order valence-electron chi connectivity index (χ3n) is 3.69. The van der Waals surface area contributed by atoms with E-state index in [1.54, 1.807) is 0 Å². The zero-order valence-electron chi connectivity index (χ0n) is 9.12. The molecule has 4 heteroatoms. The molecule has 0 aromatic carbocycles. The van der Waals surface area contributed by atoms with Gasteiger partial charge in [0.1, 0.15) is 0 Å². The maximum Gasteiger partial charge on any atom is 0.307 e. The first-order chi connectivity index (χ1) is 7.08. The van der Waals surface area contributed by atoms with E-state index < -0.39 is 5.60 Å². The van der Waals surface area contributed by atoms with Gasteiger partial charge in [0.2, 0.25) is 0 Å². The van der Waals surface area contributed by atoms with Crippen molar-refractivity contribution in [3.8, 4) is 0 Å². The van der Waals surface area contributed by atoms with E-state index in [4.69, 9.17) is 4.74 Å². The summed E-state index contributed by atoms with van der Waals surface area (Å²) < 4.78 is 10.3. The second-order valence-corrected chi connectivity index (χ2v) is 4.76. The predicted molar refractivity (Wildman–Crippen MR) is 53.4 cm³/mol. The van der Waals surface area contributed by atoms with E-state index in [1.165, 1.54) is 7.11 Å². The monoisotopic (exact) mass is 214 g/mol. The summed E-state index contributed by atoms with van der Waals surface area (Å²) in [7, 11) is 1.38. The summed E-state index contributed by atoms with van der Waals surface area (Å²) in [6.07, 6.45) is 4.56. The Morgan fingerprint density at radius 2 is 2.00 bits per heavy atom. The van der Waals surface area contributed by atoms with Crippen molar-refractivity contribution in [2.45, 2.75) is 49.7 Å². The van der Waals surface area contributed by atoms with Crippen LogP contribution < -0.4 is 0 Å². The van der Waals surface area contributed by atoms with Crippen LogP contribution in [0.1, 0.15) is 38.5 Å². The first-order valence-corrected chi connectivity index (χ1v) is 5.51. The lowest BCUT2D eigenvalue weighted by Crippen LogP contribution is -2.27. The minimum atomic E-state index is -0.481. The second kappa shape index (κ2) is 3.76. The fraction of sp³-hybridized carbons (Fsp3) is 0.909. The lowest BCUT2D eigenvalue weighted by atomic mass is 9.95. The van der Waals surface area contributed by atoms with E-state index in [-0.39, 0.29) is 11.6 Å². The predicted octanol–water partition coefficient (Wildman–Crippen LogP) is 1.01. The van der Waals surface area contributed by atoms with Crippen LogP contribution in [-0.2, 0) is 14.3 Å². The molecule has 0 aromatic heterocycles. The molecule has 0 amide bonds. The Balaban J connectivity index is 1.78. The van der Waals surface area contributed by atoms with E-state index >= 15 is 0 Å². The summed E-state index contributed by atoms with van der Waals surface area (Å²) in [5, 5.41) is 9.99. The molecule has 2 aliphatic carbocycles. The van der Waals surface area contributed by atoms with Crippen molar-refractivity contribution < 1.29 is 19.4 Å². The highest BCUT2D eigenvalue weighted by Gasteiger charge is 2.54. The van der Waals surface area contributed by atoms with Crippen molar-refractivity contribution in [3.05, 3.63) is 0 Å². The minimum absolute atomic E-state index is 0.150. The van der Waals surface area contributed by atoms with Gasteiger partial charge in [0, 0.05) is 6.42 Å². The van der Waals surface area contributed by atoms with Gasteiger partial charge in [-0.25, -0.2) is 0 Å². The quantitative estimate of drug-likeness (QED) is 0.710. The molecule has 0 aromatic rings. The standard InChI is InChI=1S/C11H18O4/c1-14-9(12)2-7-15-11-5-3-10(13,8-11)4-6-11/h13H,2-8H2,1H3. The molecule has 86 valence electrons. The Bertz CT molecular complexity index is 253. The molecular formula is C11H18O4. The smallest absolute Gasteiger partial charge is 0.307 e. The van der Waals surface area contributed by atoms with Crippen LogP contribution in [-0.4, -0.2) is 36.0 Å². The van der Waals surface area contributed by atoms with Crippen molar-refractivity contribution in [3.63, 3.8) is 0 Å². The molecule has 0 heterocycles. The van der Waals surface area contributed by atoms with Crippen LogP contribution in [0.4, 0.5) is 0 Å². The van der Waals surface area contributed by atoms with E-state index in [2.05, 4.69) is 4.74 Å². The lowest BCUT2D eigenvalue weighted by Gasteiger charge is -2.26. The number of fused-ring (bicyclic) bond motifs is 2. The van der Waals surface area contributed by atoms with Gasteiger partial charge in [0.05, 0.1) is 31.3 Å². The fourth-order valence-corrected chi connectivity index (χ4v) is 2.77. The van der Waals surface area contributed by atoms with Gasteiger partial charge in [-0.1, -0.05) is 0 Å². The number of carbonyl (C=O) groups excluding carboxylic acids is 1. The van der Waals surface area contributed by atoms with Crippen molar-refractivity contribution in [1.29, 1.82) is 0 Å². The molecule has 1 N–H and O–H groups in total. The van der Waals surface area contributed by atoms with E-state index in [9.17, 15) is 9.90 Å². The molecule has 4 nitrogen and oxygen atoms in total. The van der Waals surface area contributed by atoms with Crippen LogP contribution >= 0.6 is 0 Å². The molecule has 2 bridgehead atoms. The first-order valence-electron chi connectivity index (χ1n) is 5.51. The number of aliphatic hydroxyl groups is 1. The topological polar surface area (TPSA) is 55.8 Å². The second-order valence-electron chi connectivity index (χ2n) is 4.76. The van der Waals surface area contributed by atoms with E-state index in [0.29, 0.717) is 13.0 Å². The molecule has 2 fully saturated rings. The molecule has 0 aliphatic heterocycles. The zero-order chi connectivity index (χ0) is 10.9. The highest BCUT2D eigenvalue weighted by atomic mass is 16.5. The Hall–Kier alpha value is -0.610.